The molecule has 2 rings (SSSR count). The quantitative estimate of drug-likeness (QED) is 0.893. The first-order valence-electron chi connectivity index (χ1n) is 6.12. The third-order valence-electron chi connectivity index (χ3n) is 3.35. The lowest BCUT2D eigenvalue weighted by molar-refractivity contribution is -0.194. The zero-order valence-corrected chi connectivity index (χ0v) is 10.2. The van der Waals surface area contributed by atoms with Gasteiger partial charge in [-0.05, 0) is 12.1 Å². The summed E-state index contributed by atoms with van der Waals surface area (Å²) >= 11 is 0. The van der Waals surface area contributed by atoms with Crippen molar-refractivity contribution in [2.24, 2.45) is 0 Å². The first-order valence-corrected chi connectivity index (χ1v) is 6.12. The molecule has 0 spiro atoms. The molecule has 100 valence electrons. The van der Waals surface area contributed by atoms with E-state index >= 15 is 0 Å². The maximum atomic E-state index is 13.3. The van der Waals surface area contributed by atoms with Gasteiger partial charge in [0.25, 0.3) is 0 Å². The SMILES string of the molecule is CCN(C1CNC1)C(c1ccccc1)C(F)(F)F. The second kappa shape index (κ2) is 5.28. The highest BCUT2D eigenvalue weighted by molar-refractivity contribution is 5.21. The minimum Gasteiger partial charge on any atom is -0.314 e. The van der Waals surface area contributed by atoms with Gasteiger partial charge in [-0.3, -0.25) is 4.90 Å². The second-order valence-electron chi connectivity index (χ2n) is 4.50. The zero-order valence-electron chi connectivity index (χ0n) is 10.2. The first kappa shape index (κ1) is 13.4. The number of halogens is 3. The monoisotopic (exact) mass is 258 g/mol. The molecular weight excluding hydrogens is 241 g/mol. The molecule has 0 bridgehead atoms. The lowest BCUT2D eigenvalue weighted by Gasteiger charge is -2.43. The van der Waals surface area contributed by atoms with Crippen molar-refractivity contribution in [2.45, 2.75) is 25.2 Å². The molecule has 0 radical (unpaired) electrons. The molecule has 1 saturated heterocycles. The fourth-order valence-corrected chi connectivity index (χ4v) is 2.36. The summed E-state index contributed by atoms with van der Waals surface area (Å²) < 4.78 is 39.9. The van der Waals surface area contributed by atoms with E-state index in [1.54, 1.807) is 37.3 Å². The predicted octanol–water partition coefficient (Wildman–Crippen LogP) is 2.58. The zero-order chi connectivity index (χ0) is 13.2. The Labute approximate surface area is 105 Å². The highest BCUT2D eigenvalue weighted by atomic mass is 19.4. The Morgan fingerprint density at radius 3 is 2.28 bits per heavy atom. The molecule has 5 heteroatoms. The topological polar surface area (TPSA) is 15.3 Å². The fourth-order valence-electron chi connectivity index (χ4n) is 2.36. The summed E-state index contributed by atoms with van der Waals surface area (Å²) in [6.07, 6.45) is -4.24. The molecule has 1 atom stereocenters. The summed E-state index contributed by atoms with van der Waals surface area (Å²) in [5.41, 5.74) is 0.318. The van der Waals surface area contributed by atoms with E-state index in [1.807, 2.05) is 0 Å². The molecule has 1 aromatic carbocycles. The van der Waals surface area contributed by atoms with Crippen LogP contribution in [0.25, 0.3) is 0 Å². The van der Waals surface area contributed by atoms with Crippen LogP contribution in [0.3, 0.4) is 0 Å². The molecule has 0 saturated carbocycles. The maximum Gasteiger partial charge on any atom is 0.408 e. The van der Waals surface area contributed by atoms with Gasteiger partial charge >= 0.3 is 6.18 Å². The number of rotatable bonds is 4. The molecule has 0 amide bonds. The van der Waals surface area contributed by atoms with E-state index in [-0.39, 0.29) is 6.04 Å². The number of nitrogens with zero attached hydrogens (tertiary/aromatic N) is 1. The van der Waals surface area contributed by atoms with E-state index in [9.17, 15) is 13.2 Å². The molecular formula is C13H17F3N2. The van der Waals surface area contributed by atoms with Gasteiger partial charge in [-0.15, -0.1) is 0 Å². The molecule has 0 aromatic heterocycles. The van der Waals surface area contributed by atoms with Crippen molar-refractivity contribution in [3.63, 3.8) is 0 Å². The van der Waals surface area contributed by atoms with Gasteiger partial charge < -0.3 is 5.32 Å². The number of likely N-dealkylation sites (N-methyl/N-ethyl adjacent to an activating group) is 1. The van der Waals surface area contributed by atoms with Gasteiger partial charge in [0.05, 0.1) is 0 Å². The van der Waals surface area contributed by atoms with Crippen LogP contribution in [-0.2, 0) is 0 Å². The largest absolute Gasteiger partial charge is 0.408 e. The third kappa shape index (κ3) is 2.67. The highest BCUT2D eigenvalue weighted by Crippen LogP contribution is 2.38. The lowest BCUT2D eigenvalue weighted by Crippen LogP contribution is -2.59. The van der Waals surface area contributed by atoms with E-state index < -0.39 is 12.2 Å². The molecule has 1 N–H and O–H groups in total. The van der Waals surface area contributed by atoms with Crippen LogP contribution in [0, 0.1) is 0 Å². The Morgan fingerprint density at radius 2 is 1.89 bits per heavy atom. The van der Waals surface area contributed by atoms with Gasteiger partial charge in [0.1, 0.15) is 6.04 Å². The minimum absolute atomic E-state index is 0.0261. The fraction of sp³-hybridized carbons (Fsp3) is 0.538. The standard InChI is InChI=1S/C13H17F3N2/c1-2-18(11-8-17-9-11)12(13(14,15)16)10-6-4-3-5-7-10/h3-7,11-12,17H,2,8-9H2,1H3. The molecule has 2 nitrogen and oxygen atoms in total. The summed E-state index contributed by atoms with van der Waals surface area (Å²) in [7, 11) is 0. The summed E-state index contributed by atoms with van der Waals surface area (Å²) in [5, 5.41) is 3.02. The van der Waals surface area contributed by atoms with E-state index in [0.29, 0.717) is 25.2 Å². The second-order valence-corrected chi connectivity index (χ2v) is 4.50. The van der Waals surface area contributed by atoms with Crippen molar-refractivity contribution in [2.75, 3.05) is 19.6 Å². The lowest BCUT2D eigenvalue weighted by atomic mass is 10.0. The molecule has 1 heterocycles. The molecule has 1 aliphatic rings. The number of alkyl halides is 3. The van der Waals surface area contributed by atoms with E-state index in [2.05, 4.69) is 5.32 Å². The predicted molar refractivity (Wildman–Crippen MR) is 64.3 cm³/mol. The molecule has 1 aromatic rings. The van der Waals surface area contributed by atoms with Crippen LogP contribution in [-0.4, -0.2) is 36.8 Å². The molecule has 1 aliphatic heterocycles. The average Bonchev–Trinajstić information content (AvgIpc) is 2.25. The van der Waals surface area contributed by atoms with E-state index in [4.69, 9.17) is 0 Å². The van der Waals surface area contributed by atoms with Gasteiger partial charge in [0, 0.05) is 19.1 Å². The highest BCUT2D eigenvalue weighted by Gasteiger charge is 2.46. The maximum absolute atomic E-state index is 13.3. The first-order chi connectivity index (χ1) is 8.54. The van der Waals surface area contributed by atoms with Gasteiger partial charge in [0.15, 0.2) is 0 Å². The van der Waals surface area contributed by atoms with Crippen LogP contribution in [0.15, 0.2) is 30.3 Å². The summed E-state index contributed by atoms with van der Waals surface area (Å²) in [6.45, 7) is 3.44. The summed E-state index contributed by atoms with van der Waals surface area (Å²) in [5.74, 6) is 0. The van der Waals surface area contributed by atoms with Crippen LogP contribution in [0.4, 0.5) is 13.2 Å². The van der Waals surface area contributed by atoms with Crippen LogP contribution in [0.1, 0.15) is 18.5 Å². The third-order valence-corrected chi connectivity index (χ3v) is 3.35. The van der Waals surface area contributed by atoms with Gasteiger partial charge in [-0.25, -0.2) is 0 Å². The number of nitrogens with one attached hydrogen (secondary N) is 1. The summed E-state index contributed by atoms with van der Waals surface area (Å²) in [6, 6.07) is 6.61. The number of hydrogen-bond acceptors (Lipinski definition) is 2. The van der Waals surface area contributed by atoms with Crippen LogP contribution in [0.2, 0.25) is 0 Å². The normalized spacial score (nSPS) is 18.7. The minimum atomic E-state index is -4.24. The Morgan fingerprint density at radius 1 is 1.28 bits per heavy atom. The number of hydrogen-bond donors (Lipinski definition) is 1. The number of benzene rings is 1. The molecule has 0 aliphatic carbocycles. The van der Waals surface area contributed by atoms with E-state index in [0.717, 1.165) is 0 Å². The van der Waals surface area contributed by atoms with Gasteiger partial charge in [-0.2, -0.15) is 13.2 Å². The smallest absolute Gasteiger partial charge is 0.314 e. The van der Waals surface area contributed by atoms with Crippen LogP contribution < -0.4 is 5.32 Å². The average molecular weight is 258 g/mol. The van der Waals surface area contributed by atoms with E-state index in [1.165, 1.54) is 4.90 Å². The van der Waals surface area contributed by atoms with Gasteiger partial charge in [-0.1, -0.05) is 37.3 Å². The van der Waals surface area contributed by atoms with Crippen molar-refractivity contribution in [3.8, 4) is 0 Å². The summed E-state index contributed by atoms with van der Waals surface area (Å²) in [4.78, 5) is 1.53. The van der Waals surface area contributed by atoms with Gasteiger partial charge in [0.2, 0.25) is 0 Å². The van der Waals surface area contributed by atoms with Crippen LogP contribution >= 0.6 is 0 Å². The van der Waals surface area contributed by atoms with Crippen molar-refractivity contribution in [1.29, 1.82) is 0 Å². The Bertz CT molecular complexity index is 374. The van der Waals surface area contributed by atoms with Crippen molar-refractivity contribution >= 4 is 0 Å². The molecule has 1 fully saturated rings. The molecule has 1 unspecified atom stereocenters. The van der Waals surface area contributed by atoms with Crippen molar-refractivity contribution < 1.29 is 13.2 Å². The van der Waals surface area contributed by atoms with Crippen molar-refractivity contribution in [3.05, 3.63) is 35.9 Å². The Kier molecular flexibility index (Phi) is 3.92. The Balaban J connectivity index is 2.30. The van der Waals surface area contributed by atoms with Crippen molar-refractivity contribution in [1.82, 2.24) is 10.2 Å². The molecule has 18 heavy (non-hydrogen) atoms. The Hall–Kier alpha value is -1.07. The van der Waals surface area contributed by atoms with Crippen LogP contribution in [0.5, 0.6) is 0 Å².